The summed E-state index contributed by atoms with van der Waals surface area (Å²) in [6.45, 7) is 0.791. The van der Waals surface area contributed by atoms with Crippen LogP contribution >= 0.6 is 23.2 Å². The van der Waals surface area contributed by atoms with Gasteiger partial charge in [0.25, 0.3) is 5.91 Å². The first-order valence-corrected chi connectivity index (χ1v) is 13.1. The molecule has 0 atom stereocenters. The van der Waals surface area contributed by atoms with E-state index in [2.05, 4.69) is 9.88 Å². The standard InChI is InChI=1S/C30H24Cl2FN3O2/c1-38-26-8-3-2-7-24(26)34-29(37)28-27(18-9-12-20(33)13-10-18)21-6-4-5-15-35-25(17-36(28)30(21)35)19-11-14-22(31)23(32)16-19/h2-3,7-14,16-17H,4-6,15H2,1H3,(H,34,37). The third kappa shape index (κ3) is 4.14. The van der Waals surface area contributed by atoms with Crippen molar-refractivity contribution in [2.75, 3.05) is 12.4 Å². The molecule has 1 aliphatic heterocycles. The smallest absolute Gasteiger partial charge is 0.273 e. The van der Waals surface area contributed by atoms with Gasteiger partial charge in [0.1, 0.15) is 22.9 Å². The number of halogens is 3. The third-order valence-corrected chi connectivity index (χ3v) is 7.79. The van der Waals surface area contributed by atoms with E-state index < -0.39 is 0 Å². The summed E-state index contributed by atoms with van der Waals surface area (Å²) in [4.78, 5) is 14.0. The number of nitrogens with one attached hydrogen (secondary N) is 1. The average molecular weight is 548 g/mol. The number of nitrogens with zero attached hydrogens (tertiary/aromatic N) is 2. The zero-order valence-corrected chi connectivity index (χ0v) is 22.1. The predicted octanol–water partition coefficient (Wildman–Crippen LogP) is 8.12. The number of ether oxygens (including phenoxy) is 1. The molecule has 8 heteroatoms. The van der Waals surface area contributed by atoms with Crippen LogP contribution in [0.1, 0.15) is 28.9 Å². The van der Waals surface area contributed by atoms with Crippen LogP contribution in [0.4, 0.5) is 10.1 Å². The lowest BCUT2D eigenvalue weighted by Crippen LogP contribution is -2.16. The molecule has 3 aromatic carbocycles. The molecule has 0 spiro atoms. The fourth-order valence-electron chi connectivity index (χ4n) is 5.35. The summed E-state index contributed by atoms with van der Waals surface area (Å²) in [7, 11) is 1.57. The number of carbonyl (C=O) groups excluding carboxylic acids is 1. The Hall–Kier alpha value is -3.74. The number of methoxy groups -OCH3 is 1. The van der Waals surface area contributed by atoms with Crippen LogP contribution < -0.4 is 10.1 Å². The van der Waals surface area contributed by atoms with Crippen molar-refractivity contribution in [1.82, 2.24) is 8.97 Å². The minimum absolute atomic E-state index is 0.284. The summed E-state index contributed by atoms with van der Waals surface area (Å²) in [5, 5.41) is 4.00. The molecule has 1 N–H and O–H groups in total. The monoisotopic (exact) mass is 547 g/mol. The predicted molar refractivity (Wildman–Crippen MR) is 150 cm³/mol. The molecular formula is C30H24Cl2FN3O2. The van der Waals surface area contributed by atoms with Gasteiger partial charge in [-0.05, 0) is 61.2 Å². The molecule has 5 aromatic rings. The number of anilines is 1. The lowest BCUT2D eigenvalue weighted by molar-refractivity contribution is 0.102. The first-order chi connectivity index (χ1) is 18.5. The van der Waals surface area contributed by atoms with Crippen molar-refractivity contribution in [3.05, 3.63) is 100 Å². The quantitative estimate of drug-likeness (QED) is 0.241. The van der Waals surface area contributed by atoms with Crippen LogP contribution in [-0.2, 0) is 13.0 Å². The molecule has 0 fully saturated rings. The highest BCUT2D eigenvalue weighted by atomic mass is 35.5. The van der Waals surface area contributed by atoms with Crippen LogP contribution in [0.25, 0.3) is 28.0 Å². The van der Waals surface area contributed by atoms with E-state index in [-0.39, 0.29) is 11.7 Å². The average Bonchev–Trinajstić information content (AvgIpc) is 3.34. The van der Waals surface area contributed by atoms with Crippen LogP contribution in [0.15, 0.2) is 72.9 Å². The second-order valence-corrected chi connectivity index (χ2v) is 10.1. The lowest BCUT2D eigenvalue weighted by atomic mass is 9.97. The van der Waals surface area contributed by atoms with Gasteiger partial charge in [-0.15, -0.1) is 0 Å². The maximum Gasteiger partial charge on any atom is 0.273 e. The van der Waals surface area contributed by atoms with Crippen molar-refractivity contribution in [2.45, 2.75) is 25.8 Å². The summed E-state index contributed by atoms with van der Waals surface area (Å²) in [5.41, 5.74) is 6.52. The molecule has 0 unspecified atom stereocenters. The summed E-state index contributed by atoms with van der Waals surface area (Å²) < 4.78 is 23.5. The highest BCUT2D eigenvalue weighted by molar-refractivity contribution is 6.42. The van der Waals surface area contributed by atoms with Crippen molar-refractivity contribution >= 4 is 40.4 Å². The van der Waals surface area contributed by atoms with Gasteiger partial charge in [-0.3, -0.25) is 9.20 Å². The van der Waals surface area contributed by atoms with Crippen LogP contribution in [0.5, 0.6) is 5.75 Å². The lowest BCUT2D eigenvalue weighted by Gasteiger charge is -2.12. The normalized spacial score (nSPS) is 12.9. The van der Waals surface area contributed by atoms with Gasteiger partial charge >= 0.3 is 0 Å². The zero-order chi connectivity index (χ0) is 26.4. The number of carbonyl (C=O) groups is 1. The van der Waals surface area contributed by atoms with Crippen molar-refractivity contribution in [3.8, 4) is 28.1 Å². The molecule has 5 nitrogen and oxygen atoms in total. The molecule has 0 saturated heterocycles. The number of aromatic nitrogens is 2. The van der Waals surface area contributed by atoms with Gasteiger partial charge < -0.3 is 14.6 Å². The molecule has 1 amide bonds. The Labute approximate surface area is 229 Å². The summed E-state index contributed by atoms with van der Waals surface area (Å²) in [6.07, 6.45) is 4.72. The number of amides is 1. The van der Waals surface area contributed by atoms with Gasteiger partial charge in [0.05, 0.1) is 28.5 Å². The molecule has 0 radical (unpaired) electrons. The van der Waals surface area contributed by atoms with Gasteiger partial charge in [0.2, 0.25) is 0 Å². The minimum Gasteiger partial charge on any atom is -0.495 e. The van der Waals surface area contributed by atoms with Gasteiger partial charge in [-0.2, -0.15) is 0 Å². The van der Waals surface area contributed by atoms with E-state index in [4.69, 9.17) is 27.9 Å². The Balaban J connectivity index is 1.61. The number of hydrogen-bond donors (Lipinski definition) is 1. The summed E-state index contributed by atoms with van der Waals surface area (Å²) in [6, 6.07) is 19.2. The topological polar surface area (TPSA) is 47.7 Å². The third-order valence-electron chi connectivity index (χ3n) is 7.05. The summed E-state index contributed by atoms with van der Waals surface area (Å²) in [5.74, 6) is -0.0457. The number of para-hydroxylation sites is 2. The fourth-order valence-corrected chi connectivity index (χ4v) is 5.65. The maximum atomic E-state index is 14.0. The molecule has 3 heterocycles. The highest BCUT2D eigenvalue weighted by Crippen LogP contribution is 2.40. The SMILES string of the molecule is COc1ccccc1NC(=O)c1c(-c2ccc(F)cc2)c2c3n(c(-c4ccc(Cl)c(Cl)c4)cn13)CCCC2. The number of hydrogen-bond acceptors (Lipinski definition) is 2. The van der Waals surface area contributed by atoms with Crippen molar-refractivity contribution < 1.29 is 13.9 Å². The molecule has 1 aliphatic rings. The highest BCUT2D eigenvalue weighted by Gasteiger charge is 2.30. The Morgan fingerprint density at radius 1 is 0.974 bits per heavy atom. The van der Waals surface area contributed by atoms with E-state index in [1.54, 1.807) is 37.4 Å². The number of benzene rings is 3. The van der Waals surface area contributed by atoms with Gasteiger partial charge in [0.15, 0.2) is 0 Å². The molecule has 38 heavy (non-hydrogen) atoms. The maximum absolute atomic E-state index is 14.0. The van der Waals surface area contributed by atoms with Crippen LogP contribution in [0.3, 0.4) is 0 Å². The van der Waals surface area contributed by atoms with Crippen molar-refractivity contribution in [2.24, 2.45) is 0 Å². The molecular weight excluding hydrogens is 524 g/mol. The first kappa shape index (κ1) is 24.6. The van der Waals surface area contributed by atoms with Crippen LogP contribution in [0.2, 0.25) is 10.0 Å². The van der Waals surface area contributed by atoms with Gasteiger partial charge in [-0.1, -0.05) is 53.5 Å². The molecule has 0 saturated carbocycles. The van der Waals surface area contributed by atoms with E-state index in [0.717, 1.165) is 59.4 Å². The van der Waals surface area contributed by atoms with Crippen LogP contribution in [-0.4, -0.2) is 22.0 Å². The van der Waals surface area contributed by atoms with E-state index in [0.29, 0.717) is 27.2 Å². The Morgan fingerprint density at radius 2 is 1.74 bits per heavy atom. The fraction of sp³-hybridized carbons (Fsp3) is 0.167. The van der Waals surface area contributed by atoms with E-state index in [1.807, 2.05) is 34.9 Å². The molecule has 0 bridgehead atoms. The second-order valence-electron chi connectivity index (χ2n) is 9.31. The molecule has 192 valence electrons. The summed E-state index contributed by atoms with van der Waals surface area (Å²) >= 11 is 12.6. The number of aryl methyl sites for hydroxylation is 2. The zero-order valence-electron chi connectivity index (χ0n) is 20.6. The molecule has 6 rings (SSSR count). The van der Waals surface area contributed by atoms with Crippen LogP contribution in [0, 0.1) is 5.82 Å². The van der Waals surface area contributed by atoms with Crippen molar-refractivity contribution in [1.29, 1.82) is 0 Å². The Bertz CT molecular complexity index is 1690. The number of imidazole rings is 1. The van der Waals surface area contributed by atoms with Gasteiger partial charge in [0, 0.05) is 29.4 Å². The Morgan fingerprint density at radius 3 is 2.50 bits per heavy atom. The van der Waals surface area contributed by atoms with E-state index in [9.17, 15) is 9.18 Å². The Kier molecular flexibility index (Phi) is 6.38. The van der Waals surface area contributed by atoms with E-state index in [1.165, 1.54) is 12.1 Å². The minimum atomic E-state index is -0.324. The van der Waals surface area contributed by atoms with Gasteiger partial charge in [-0.25, -0.2) is 4.39 Å². The molecule has 0 aliphatic carbocycles. The molecule has 2 aromatic heterocycles. The first-order valence-electron chi connectivity index (χ1n) is 12.4. The van der Waals surface area contributed by atoms with E-state index >= 15 is 0 Å². The van der Waals surface area contributed by atoms with Crippen molar-refractivity contribution in [3.63, 3.8) is 0 Å². The number of rotatable bonds is 5. The second kappa shape index (κ2) is 9.86. The largest absolute Gasteiger partial charge is 0.495 e.